The van der Waals surface area contributed by atoms with Crippen molar-refractivity contribution in [2.24, 2.45) is 5.92 Å². The van der Waals surface area contributed by atoms with E-state index in [1.165, 1.54) is 45.1 Å². The van der Waals surface area contributed by atoms with Crippen molar-refractivity contribution in [1.29, 1.82) is 0 Å². The molecule has 0 aromatic rings. The Kier molecular flexibility index (Phi) is 3.69. The van der Waals surface area contributed by atoms with Crippen molar-refractivity contribution in [3.8, 4) is 0 Å². The normalized spacial score (nSPS) is 39.7. The van der Waals surface area contributed by atoms with E-state index in [1.54, 1.807) is 0 Å². The van der Waals surface area contributed by atoms with Crippen molar-refractivity contribution in [2.75, 3.05) is 13.2 Å². The lowest BCUT2D eigenvalue weighted by atomic mass is 10.0. The highest BCUT2D eigenvalue weighted by atomic mass is 16.5. The molecule has 0 bridgehead atoms. The van der Waals surface area contributed by atoms with Crippen LogP contribution in [0.4, 0.5) is 0 Å². The van der Waals surface area contributed by atoms with E-state index in [4.69, 9.17) is 4.74 Å². The van der Waals surface area contributed by atoms with Crippen molar-refractivity contribution >= 4 is 0 Å². The first kappa shape index (κ1) is 11.9. The fourth-order valence-corrected chi connectivity index (χ4v) is 3.50. The molecule has 0 spiro atoms. The fraction of sp³-hybridized carbons (Fsp3) is 1.00. The van der Waals surface area contributed by atoms with Crippen LogP contribution in [0.1, 0.15) is 45.4 Å². The summed E-state index contributed by atoms with van der Waals surface area (Å²) in [5, 5.41) is 7.40. The van der Waals surface area contributed by atoms with E-state index >= 15 is 0 Å². The molecule has 3 aliphatic rings. The zero-order chi connectivity index (χ0) is 11.7. The van der Waals surface area contributed by atoms with Gasteiger partial charge in [0.05, 0.1) is 6.10 Å². The van der Waals surface area contributed by atoms with Crippen LogP contribution < -0.4 is 10.6 Å². The maximum Gasteiger partial charge on any atom is 0.0757 e. The summed E-state index contributed by atoms with van der Waals surface area (Å²) in [7, 11) is 0. The molecule has 98 valence electrons. The molecular weight excluding hydrogens is 212 g/mol. The molecule has 0 amide bonds. The van der Waals surface area contributed by atoms with Crippen molar-refractivity contribution in [2.45, 2.75) is 69.7 Å². The maximum atomic E-state index is 5.88. The number of rotatable bonds is 5. The van der Waals surface area contributed by atoms with Crippen LogP contribution in [0, 0.1) is 5.92 Å². The summed E-state index contributed by atoms with van der Waals surface area (Å²) in [5.41, 5.74) is 0. The van der Waals surface area contributed by atoms with Gasteiger partial charge in [-0.3, -0.25) is 0 Å². The Morgan fingerprint density at radius 1 is 1.29 bits per heavy atom. The molecule has 2 aliphatic heterocycles. The zero-order valence-corrected chi connectivity index (χ0v) is 11.0. The van der Waals surface area contributed by atoms with Gasteiger partial charge in [0.15, 0.2) is 0 Å². The Balaban J connectivity index is 1.44. The van der Waals surface area contributed by atoms with E-state index in [9.17, 15) is 0 Å². The van der Waals surface area contributed by atoms with E-state index < -0.39 is 0 Å². The van der Waals surface area contributed by atoms with E-state index in [1.807, 2.05) is 0 Å². The molecule has 4 unspecified atom stereocenters. The molecule has 1 aliphatic carbocycles. The fourth-order valence-electron chi connectivity index (χ4n) is 3.50. The highest BCUT2D eigenvalue weighted by molar-refractivity contribution is 4.94. The molecule has 2 saturated heterocycles. The molecular formula is C14H26N2O. The van der Waals surface area contributed by atoms with Gasteiger partial charge in [0.1, 0.15) is 0 Å². The molecule has 2 heterocycles. The summed E-state index contributed by atoms with van der Waals surface area (Å²) >= 11 is 0. The molecule has 3 fully saturated rings. The molecule has 4 atom stereocenters. The first-order valence-electron chi connectivity index (χ1n) is 7.44. The monoisotopic (exact) mass is 238 g/mol. The van der Waals surface area contributed by atoms with Crippen LogP contribution in [0.2, 0.25) is 0 Å². The van der Waals surface area contributed by atoms with Crippen LogP contribution in [-0.4, -0.2) is 37.4 Å². The summed E-state index contributed by atoms with van der Waals surface area (Å²) < 4.78 is 5.88. The maximum absolute atomic E-state index is 5.88. The van der Waals surface area contributed by atoms with E-state index in [2.05, 4.69) is 17.6 Å². The van der Waals surface area contributed by atoms with E-state index in [-0.39, 0.29) is 0 Å². The standard InChI is InChI=1S/C14H26N2O/c1-10(9-12-3-2-7-15-12)16-13-6-8-17-14(13)11-4-5-11/h10-16H,2-9H2,1H3. The van der Waals surface area contributed by atoms with Crippen LogP contribution in [-0.2, 0) is 4.74 Å². The average molecular weight is 238 g/mol. The van der Waals surface area contributed by atoms with Crippen LogP contribution in [0.5, 0.6) is 0 Å². The molecule has 0 radical (unpaired) electrons. The SMILES string of the molecule is CC(CC1CCCN1)NC1CCOC1C1CC1. The first-order chi connectivity index (χ1) is 8.33. The summed E-state index contributed by atoms with van der Waals surface area (Å²) in [5.74, 6) is 0.867. The number of hydrogen-bond acceptors (Lipinski definition) is 3. The van der Waals surface area contributed by atoms with Crippen molar-refractivity contribution < 1.29 is 4.74 Å². The molecule has 3 heteroatoms. The molecule has 2 N–H and O–H groups in total. The minimum Gasteiger partial charge on any atom is -0.376 e. The smallest absolute Gasteiger partial charge is 0.0757 e. The first-order valence-corrected chi connectivity index (χ1v) is 7.44. The molecule has 3 nitrogen and oxygen atoms in total. The summed E-state index contributed by atoms with van der Waals surface area (Å²) in [6, 6.07) is 2.00. The zero-order valence-electron chi connectivity index (χ0n) is 11.0. The second-order valence-corrected chi connectivity index (χ2v) is 6.16. The van der Waals surface area contributed by atoms with Gasteiger partial charge in [-0.1, -0.05) is 0 Å². The average Bonchev–Trinajstić information content (AvgIpc) is 2.84. The summed E-state index contributed by atoms with van der Waals surface area (Å²) in [6.07, 6.45) is 8.50. The van der Waals surface area contributed by atoms with Crippen LogP contribution in [0.25, 0.3) is 0 Å². The third kappa shape index (κ3) is 3.01. The van der Waals surface area contributed by atoms with Gasteiger partial charge >= 0.3 is 0 Å². The Morgan fingerprint density at radius 3 is 2.88 bits per heavy atom. The van der Waals surface area contributed by atoms with Gasteiger partial charge in [-0.15, -0.1) is 0 Å². The quantitative estimate of drug-likeness (QED) is 0.764. The van der Waals surface area contributed by atoms with Gasteiger partial charge in [-0.25, -0.2) is 0 Å². The van der Waals surface area contributed by atoms with E-state index in [0.29, 0.717) is 18.2 Å². The number of ether oxygens (including phenoxy) is 1. The lowest BCUT2D eigenvalue weighted by Gasteiger charge is -2.25. The molecule has 0 aromatic carbocycles. The van der Waals surface area contributed by atoms with Gasteiger partial charge in [-0.05, 0) is 57.9 Å². The second-order valence-electron chi connectivity index (χ2n) is 6.16. The summed E-state index contributed by atoms with van der Waals surface area (Å²) in [6.45, 7) is 4.52. The largest absolute Gasteiger partial charge is 0.376 e. The van der Waals surface area contributed by atoms with Gasteiger partial charge in [0, 0.05) is 24.7 Å². The summed E-state index contributed by atoms with van der Waals surface area (Å²) in [4.78, 5) is 0. The van der Waals surface area contributed by atoms with Gasteiger partial charge < -0.3 is 15.4 Å². The Morgan fingerprint density at radius 2 is 2.18 bits per heavy atom. The second kappa shape index (κ2) is 5.25. The van der Waals surface area contributed by atoms with E-state index in [0.717, 1.165) is 18.6 Å². The van der Waals surface area contributed by atoms with Crippen molar-refractivity contribution in [3.05, 3.63) is 0 Å². The molecule has 3 rings (SSSR count). The Hall–Kier alpha value is -0.120. The predicted octanol–water partition coefficient (Wildman–Crippen LogP) is 1.67. The molecule has 1 saturated carbocycles. The van der Waals surface area contributed by atoms with Gasteiger partial charge in [0.2, 0.25) is 0 Å². The van der Waals surface area contributed by atoms with Crippen LogP contribution in [0.3, 0.4) is 0 Å². The van der Waals surface area contributed by atoms with Crippen LogP contribution >= 0.6 is 0 Å². The topological polar surface area (TPSA) is 33.3 Å². The molecule has 17 heavy (non-hydrogen) atoms. The Labute approximate surface area is 105 Å². The third-order valence-electron chi connectivity index (χ3n) is 4.52. The third-order valence-corrected chi connectivity index (χ3v) is 4.52. The van der Waals surface area contributed by atoms with Crippen LogP contribution in [0.15, 0.2) is 0 Å². The minimum atomic E-state index is 0.522. The van der Waals surface area contributed by atoms with Crippen molar-refractivity contribution in [1.82, 2.24) is 10.6 Å². The predicted molar refractivity (Wildman–Crippen MR) is 69.1 cm³/mol. The lowest BCUT2D eigenvalue weighted by molar-refractivity contribution is 0.0788. The lowest BCUT2D eigenvalue weighted by Crippen LogP contribution is -2.44. The number of nitrogens with one attached hydrogen (secondary N) is 2. The molecule has 0 aromatic heterocycles. The minimum absolute atomic E-state index is 0.522. The highest BCUT2D eigenvalue weighted by Gasteiger charge is 2.40. The van der Waals surface area contributed by atoms with Gasteiger partial charge in [0.25, 0.3) is 0 Å². The van der Waals surface area contributed by atoms with Crippen molar-refractivity contribution in [3.63, 3.8) is 0 Å². The highest BCUT2D eigenvalue weighted by Crippen LogP contribution is 2.38. The Bertz CT molecular complexity index is 249. The number of hydrogen-bond donors (Lipinski definition) is 2. The van der Waals surface area contributed by atoms with Gasteiger partial charge in [-0.2, -0.15) is 0 Å².